The van der Waals surface area contributed by atoms with Gasteiger partial charge in [-0.1, -0.05) is 46.8 Å². The predicted molar refractivity (Wildman–Crippen MR) is 138 cm³/mol. The van der Waals surface area contributed by atoms with Gasteiger partial charge in [-0.2, -0.15) is 0 Å². The molecule has 0 radical (unpaired) electrons. The molecule has 6 rings (SSSR count). The second kappa shape index (κ2) is 7.38. The van der Waals surface area contributed by atoms with Gasteiger partial charge in [0, 0.05) is 12.0 Å². The first-order chi connectivity index (χ1) is 16.3. The Morgan fingerprint density at radius 2 is 1.71 bits per heavy atom. The number of fused-ring (bicyclic) bond motifs is 7. The van der Waals surface area contributed by atoms with E-state index in [-0.39, 0.29) is 16.2 Å². The highest BCUT2D eigenvalue weighted by atomic mass is 16.9. The van der Waals surface area contributed by atoms with Gasteiger partial charge in [-0.25, -0.2) is 0 Å². The quantitative estimate of drug-likeness (QED) is 0.410. The molecule has 196 valence electrons. The van der Waals surface area contributed by atoms with Crippen LogP contribution < -0.4 is 0 Å². The van der Waals surface area contributed by atoms with Crippen molar-refractivity contribution in [2.45, 2.75) is 99.3 Å². The molecule has 5 aliphatic carbocycles. The molecule has 0 aromatic carbocycles. The Labute approximate surface area is 213 Å². The molecule has 4 nitrogen and oxygen atoms in total. The summed E-state index contributed by atoms with van der Waals surface area (Å²) in [6.07, 6.45) is 11.0. The second-order valence-corrected chi connectivity index (χ2v) is 15.1. The molecule has 0 saturated heterocycles. The fourth-order valence-electron chi connectivity index (χ4n) is 12.1. The summed E-state index contributed by atoms with van der Waals surface area (Å²) in [5.74, 6) is 4.16. The molecule has 0 unspecified atom stereocenters. The number of aliphatic hydroxyl groups excluding tert-OH is 1. The van der Waals surface area contributed by atoms with Crippen LogP contribution in [0.25, 0.3) is 0 Å². The summed E-state index contributed by atoms with van der Waals surface area (Å²) in [6, 6.07) is 0. The minimum Gasteiger partial charge on any atom is -0.396 e. The van der Waals surface area contributed by atoms with Crippen LogP contribution in [0.2, 0.25) is 0 Å². The Balaban J connectivity index is 1.41. The van der Waals surface area contributed by atoms with E-state index < -0.39 is 0 Å². The summed E-state index contributed by atoms with van der Waals surface area (Å²) in [7, 11) is 0. The molecule has 0 aromatic heterocycles. The van der Waals surface area contributed by atoms with Gasteiger partial charge in [-0.3, -0.25) is 5.21 Å². The molecule has 1 heterocycles. The Hall–Kier alpha value is -0.840. The topological polar surface area (TPSA) is 52.9 Å². The van der Waals surface area contributed by atoms with E-state index in [9.17, 15) is 10.3 Å². The Bertz CT molecular complexity index is 970. The zero-order valence-corrected chi connectivity index (χ0v) is 23.1. The van der Waals surface area contributed by atoms with Crippen molar-refractivity contribution in [3.8, 4) is 0 Å². The molecule has 1 aliphatic heterocycles. The monoisotopic (exact) mass is 483 g/mol. The number of hydroxylamine groups is 2. The van der Waals surface area contributed by atoms with Gasteiger partial charge >= 0.3 is 0 Å². The van der Waals surface area contributed by atoms with Crippen molar-refractivity contribution in [1.29, 1.82) is 0 Å². The highest BCUT2D eigenvalue weighted by molar-refractivity contribution is 5.31. The van der Waals surface area contributed by atoms with Crippen molar-refractivity contribution in [2.24, 2.45) is 56.7 Å². The van der Waals surface area contributed by atoms with Crippen LogP contribution in [0.5, 0.6) is 0 Å². The number of nitrogens with zero attached hydrogens (tertiary/aromatic N) is 1. The molecular formula is C31H49NO3. The van der Waals surface area contributed by atoms with E-state index in [1.165, 1.54) is 62.5 Å². The maximum Gasteiger partial charge on any atom is 0.134 e. The van der Waals surface area contributed by atoms with Crippen molar-refractivity contribution in [2.75, 3.05) is 13.2 Å². The summed E-state index contributed by atoms with van der Waals surface area (Å²) in [5, 5.41) is 22.0. The molecule has 4 saturated carbocycles. The molecule has 6 aliphatic rings. The summed E-state index contributed by atoms with van der Waals surface area (Å²) in [4.78, 5) is 5.88. The lowest BCUT2D eigenvalue weighted by molar-refractivity contribution is -0.308. The summed E-state index contributed by atoms with van der Waals surface area (Å²) in [6.45, 7) is 20.2. The van der Waals surface area contributed by atoms with E-state index in [2.05, 4.69) is 48.1 Å². The van der Waals surface area contributed by atoms with Crippen molar-refractivity contribution in [3.63, 3.8) is 0 Å². The molecule has 0 aromatic rings. The molecule has 0 spiro atoms. The summed E-state index contributed by atoms with van der Waals surface area (Å²) >= 11 is 0. The van der Waals surface area contributed by atoms with Crippen LogP contribution >= 0.6 is 0 Å². The van der Waals surface area contributed by atoms with Crippen LogP contribution in [0.1, 0.15) is 99.3 Å². The molecule has 35 heavy (non-hydrogen) atoms. The Morgan fingerprint density at radius 1 is 0.971 bits per heavy atom. The van der Waals surface area contributed by atoms with E-state index in [1.807, 2.05) is 0 Å². The predicted octanol–water partition coefficient (Wildman–Crippen LogP) is 7.14. The summed E-state index contributed by atoms with van der Waals surface area (Å²) in [5.41, 5.74) is 3.59. The van der Waals surface area contributed by atoms with Gasteiger partial charge in [0.2, 0.25) is 0 Å². The van der Waals surface area contributed by atoms with Crippen LogP contribution in [0.3, 0.4) is 0 Å². The van der Waals surface area contributed by atoms with E-state index in [0.717, 1.165) is 17.4 Å². The van der Waals surface area contributed by atoms with Crippen LogP contribution in [-0.4, -0.2) is 28.7 Å². The van der Waals surface area contributed by atoms with Gasteiger partial charge in [0.1, 0.15) is 5.76 Å². The lowest BCUT2D eigenvalue weighted by atomic mass is 9.32. The van der Waals surface area contributed by atoms with Gasteiger partial charge < -0.3 is 9.94 Å². The van der Waals surface area contributed by atoms with E-state index in [1.54, 1.807) is 0 Å². The van der Waals surface area contributed by atoms with Gasteiger partial charge in [0.15, 0.2) is 0 Å². The van der Waals surface area contributed by atoms with Gasteiger partial charge in [-0.15, -0.1) is 0 Å². The maximum absolute atomic E-state index is 10.7. The third-order valence-electron chi connectivity index (χ3n) is 13.7. The fraction of sp³-hybridized carbons (Fsp3) is 0.871. The Kier molecular flexibility index (Phi) is 5.17. The minimum absolute atomic E-state index is 0.0476. The zero-order chi connectivity index (χ0) is 25.2. The average molecular weight is 484 g/mol. The lowest BCUT2D eigenvalue weighted by Crippen LogP contribution is -2.65. The molecule has 0 bridgehead atoms. The van der Waals surface area contributed by atoms with Crippen LogP contribution in [0.15, 0.2) is 23.5 Å². The minimum atomic E-state index is -0.0476. The first-order valence-electron chi connectivity index (χ1n) is 14.5. The van der Waals surface area contributed by atoms with Crippen LogP contribution in [-0.2, 0) is 4.84 Å². The number of allylic oxidation sites excluding steroid dienone is 2. The second-order valence-electron chi connectivity index (χ2n) is 15.1. The Morgan fingerprint density at radius 3 is 2.40 bits per heavy atom. The number of aliphatic hydroxyl groups is 1. The number of rotatable bonds is 2. The van der Waals surface area contributed by atoms with Crippen molar-refractivity contribution >= 4 is 0 Å². The van der Waals surface area contributed by atoms with Crippen molar-refractivity contribution in [3.05, 3.63) is 23.5 Å². The molecular weight excluding hydrogens is 434 g/mol. The number of hydrogen-bond donors (Lipinski definition) is 2. The van der Waals surface area contributed by atoms with Gasteiger partial charge in [0.05, 0.1) is 6.54 Å². The normalized spacial score (nSPS) is 52.6. The third-order valence-corrected chi connectivity index (χ3v) is 13.7. The van der Waals surface area contributed by atoms with Crippen LogP contribution in [0, 0.1) is 56.7 Å². The highest BCUT2D eigenvalue weighted by Gasteiger charge is 2.71. The largest absolute Gasteiger partial charge is 0.396 e. The van der Waals surface area contributed by atoms with E-state index in [0.29, 0.717) is 53.6 Å². The molecule has 4 heteroatoms. The smallest absolute Gasteiger partial charge is 0.134 e. The van der Waals surface area contributed by atoms with E-state index >= 15 is 0 Å². The highest BCUT2D eigenvalue weighted by Crippen LogP contribution is 2.77. The standard InChI is InChI=1S/C31H49NO3/c1-19(2)21-10-13-31(18-33)15-14-29(6)22(25(21)31)8-9-24-28(5)16-20-17-32(34)35-26(20)27(3,4)23(28)11-12-30(24,29)7/h21-25,33-34H,1,8-18H2,2-7H3/t21-,22+,23-,24+,25+,28-,29+,30+,31+/m0/s1. The lowest BCUT2D eigenvalue weighted by Gasteiger charge is -2.72. The summed E-state index contributed by atoms with van der Waals surface area (Å²) < 4.78 is 0. The number of hydrogen-bond acceptors (Lipinski definition) is 4. The van der Waals surface area contributed by atoms with Crippen molar-refractivity contribution in [1.82, 2.24) is 5.23 Å². The maximum atomic E-state index is 10.7. The molecule has 4 fully saturated rings. The molecule has 0 amide bonds. The average Bonchev–Trinajstić information content (AvgIpc) is 3.35. The molecule has 9 atom stereocenters. The first kappa shape index (κ1) is 24.5. The zero-order valence-electron chi connectivity index (χ0n) is 23.1. The van der Waals surface area contributed by atoms with Crippen LogP contribution in [0.4, 0.5) is 0 Å². The first-order valence-corrected chi connectivity index (χ1v) is 14.5. The van der Waals surface area contributed by atoms with E-state index in [4.69, 9.17) is 4.84 Å². The van der Waals surface area contributed by atoms with Gasteiger partial charge in [0.25, 0.3) is 0 Å². The fourth-order valence-corrected chi connectivity index (χ4v) is 12.1. The molecule has 2 N–H and O–H groups in total. The van der Waals surface area contributed by atoms with Crippen molar-refractivity contribution < 1.29 is 15.2 Å². The SMILES string of the molecule is C=C(C)[C@@H]1CC[C@]2(CO)CC[C@]3(C)[C@H](CC[C@@H]4[C@@]5(C)CC6=C(ON(O)C6)C(C)(C)[C@@H]5CC[C@]43C)[C@@H]12. The van der Waals surface area contributed by atoms with Gasteiger partial charge in [-0.05, 0) is 127 Å². The third kappa shape index (κ3) is 2.86.